The number of benzene rings is 2. The fourth-order valence-corrected chi connectivity index (χ4v) is 4.69. The molecular formula is C24H22Cl2N6O4. The van der Waals surface area contributed by atoms with E-state index in [-0.39, 0.29) is 5.56 Å². The van der Waals surface area contributed by atoms with Crippen LogP contribution in [0.2, 0.25) is 10.0 Å². The molecule has 1 aliphatic rings. The van der Waals surface area contributed by atoms with Crippen LogP contribution in [0.1, 0.15) is 22.1 Å². The highest BCUT2D eigenvalue weighted by molar-refractivity contribution is 6.35. The summed E-state index contributed by atoms with van der Waals surface area (Å²) < 4.78 is 7.51. The summed E-state index contributed by atoms with van der Waals surface area (Å²) in [7, 11) is 0. The second kappa shape index (κ2) is 10.4. The van der Waals surface area contributed by atoms with Crippen LogP contribution < -0.4 is 10.6 Å². The molecule has 0 unspecified atom stereocenters. The number of hydrogen-bond donors (Lipinski definition) is 4. The van der Waals surface area contributed by atoms with E-state index in [2.05, 4.69) is 25.6 Å². The van der Waals surface area contributed by atoms with Crippen LogP contribution in [0.25, 0.3) is 11.2 Å². The number of rotatable bonds is 7. The standard InChI is InChI=1S/C24H22Cl2N6O4/c25-15-6-14(7-16(26)8-15)23(35)31-18-20(34)17(10-33)36-24(18)32-12-30-19-21(28-11-29-22(19)32)27-9-13-4-2-1-3-5-13/h1-8,11-12,17-18,20,24,33-34H,9-10H2,(H,31,35)(H,27,28,29)/t17-,18-,20-,24-/m1/s1. The summed E-state index contributed by atoms with van der Waals surface area (Å²) in [6.07, 6.45) is -0.145. The Balaban J connectivity index is 1.43. The molecule has 4 aromatic rings. The average Bonchev–Trinajstić information content (AvgIpc) is 3.44. The van der Waals surface area contributed by atoms with Crippen molar-refractivity contribution in [3.8, 4) is 0 Å². The van der Waals surface area contributed by atoms with Crippen molar-refractivity contribution in [3.05, 3.63) is 82.4 Å². The van der Waals surface area contributed by atoms with Gasteiger partial charge in [0.15, 0.2) is 23.2 Å². The zero-order valence-electron chi connectivity index (χ0n) is 18.8. The average molecular weight is 529 g/mol. The summed E-state index contributed by atoms with van der Waals surface area (Å²) in [5, 5.41) is 27.2. The van der Waals surface area contributed by atoms with Gasteiger partial charge in [0, 0.05) is 22.2 Å². The number of carbonyl (C=O) groups is 1. The lowest BCUT2D eigenvalue weighted by atomic mass is 10.1. The predicted octanol–water partition coefficient (Wildman–Crippen LogP) is 2.79. The van der Waals surface area contributed by atoms with Gasteiger partial charge in [-0.15, -0.1) is 0 Å². The monoisotopic (exact) mass is 528 g/mol. The molecule has 4 atom stereocenters. The molecule has 36 heavy (non-hydrogen) atoms. The Morgan fingerprint density at radius 3 is 2.56 bits per heavy atom. The molecule has 0 spiro atoms. The predicted molar refractivity (Wildman–Crippen MR) is 134 cm³/mol. The number of aliphatic hydroxyl groups excluding tert-OH is 2. The van der Waals surface area contributed by atoms with Gasteiger partial charge < -0.3 is 25.6 Å². The van der Waals surface area contributed by atoms with Crippen LogP contribution in [0.15, 0.2) is 61.2 Å². The number of halogens is 2. The van der Waals surface area contributed by atoms with Gasteiger partial charge in [0.2, 0.25) is 0 Å². The zero-order valence-corrected chi connectivity index (χ0v) is 20.3. The summed E-state index contributed by atoms with van der Waals surface area (Å²) >= 11 is 12.1. The lowest BCUT2D eigenvalue weighted by Gasteiger charge is -2.23. The Bertz CT molecular complexity index is 1370. The molecule has 1 aliphatic heterocycles. The molecule has 0 saturated carbocycles. The molecular weight excluding hydrogens is 507 g/mol. The first kappa shape index (κ1) is 24.4. The van der Waals surface area contributed by atoms with Crippen molar-refractivity contribution >= 4 is 46.1 Å². The molecule has 3 heterocycles. The third-order valence-electron chi connectivity index (χ3n) is 5.91. The summed E-state index contributed by atoms with van der Waals surface area (Å²) in [6, 6.07) is 13.3. The minimum Gasteiger partial charge on any atom is -0.394 e. The summed E-state index contributed by atoms with van der Waals surface area (Å²) in [6.45, 7) is 0.0877. The maximum Gasteiger partial charge on any atom is 0.251 e. The number of aromatic nitrogens is 4. The molecule has 2 aromatic heterocycles. The molecule has 10 nitrogen and oxygen atoms in total. The highest BCUT2D eigenvalue weighted by atomic mass is 35.5. The molecule has 186 valence electrons. The first-order valence-corrected chi connectivity index (χ1v) is 11.9. The molecule has 2 aromatic carbocycles. The van der Waals surface area contributed by atoms with Gasteiger partial charge in [-0.05, 0) is 23.8 Å². The lowest BCUT2D eigenvalue weighted by molar-refractivity contribution is -0.0440. The summed E-state index contributed by atoms with van der Waals surface area (Å²) in [5.74, 6) is 0.00825. The van der Waals surface area contributed by atoms with Crippen molar-refractivity contribution in [3.63, 3.8) is 0 Å². The van der Waals surface area contributed by atoms with E-state index in [1.807, 2.05) is 30.3 Å². The number of nitrogens with one attached hydrogen (secondary N) is 2. The Morgan fingerprint density at radius 2 is 1.83 bits per heavy atom. The van der Waals surface area contributed by atoms with E-state index < -0.39 is 37.0 Å². The van der Waals surface area contributed by atoms with Crippen LogP contribution in [0.5, 0.6) is 0 Å². The van der Waals surface area contributed by atoms with Gasteiger partial charge in [-0.1, -0.05) is 53.5 Å². The number of amides is 1. The quantitative estimate of drug-likeness (QED) is 0.287. The first-order valence-electron chi connectivity index (χ1n) is 11.1. The van der Waals surface area contributed by atoms with E-state index in [4.69, 9.17) is 27.9 Å². The van der Waals surface area contributed by atoms with Gasteiger partial charge in [0.25, 0.3) is 5.91 Å². The van der Waals surface area contributed by atoms with Crippen LogP contribution in [0, 0.1) is 0 Å². The summed E-state index contributed by atoms with van der Waals surface area (Å²) in [4.78, 5) is 26.1. The Kier molecular flexibility index (Phi) is 7.04. The highest BCUT2D eigenvalue weighted by Gasteiger charge is 2.46. The van der Waals surface area contributed by atoms with Gasteiger partial charge in [-0.3, -0.25) is 9.36 Å². The maximum atomic E-state index is 13.0. The molecule has 12 heteroatoms. The molecule has 0 bridgehead atoms. The number of hydrogen-bond acceptors (Lipinski definition) is 8. The van der Waals surface area contributed by atoms with Crippen molar-refractivity contribution in [2.75, 3.05) is 11.9 Å². The van der Waals surface area contributed by atoms with Crippen LogP contribution in [0.4, 0.5) is 5.82 Å². The molecule has 5 rings (SSSR count). The number of fused-ring (bicyclic) bond motifs is 1. The number of nitrogens with zero attached hydrogens (tertiary/aromatic N) is 4. The van der Waals surface area contributed by atoms with E-state index in [1.165, 1.54) is 30.9 Å². The molecule has 0 radical (unpaired) electrons. The minimum absolute atomic E-state index is 0.219. The van der Waals surface area contributed by atoms with Crippen molar-refractivity contribution in [2.24, 2.45) is 0 Å². The second-order valence-corrected chi connectivity index (χ2v) is 9.15. The topological polar surface area (TPSA) is 134 Å². The van der Waals surface area contributed by atoms with E-state index in [0.717, 1.165) is 5.56 Å². The molecule has 0 aliphatic carbocycles. The molecule has 1 saturated heterocycles. The number of anilines is 1. The SMILES string of the molecule is O=C(N[C@@H]1[C@H](O)[C@@H](CO)O[C@H]1n1cnc2c(NCc3ccccc3)ncnc21)c1cc(Cl)cc(Cl)c1. The lowest BCUT2D eigenvalue weighted by Crippen LogP contribution is -2.46. The van der Waals surface area contributed by atoms with Crippen LogP contribution >= 0.6 is 23.2 Å². The van der Waals surface area contributed by atoms with E-state index >= 15 is 0 Å². The van der Waals surface area contributed by atoms with E-state index in [1.54, 1.807) is 4.57 Å². The van der Waals surface area contributed by atoms with Crippen LogP contribution in [0.3, 0.4) is 0 Å². The van der Waals surface area contributed by atoms with Gasteiger partial charge in [-0.2, -0.15) is 0 Å². The smallest absolute Gasteiger partial charge is 0.251 e. The number of aliphatic hydroxyl groups is 2. The van der Waals surface area contributed by atoms with Gasteiger partial charge in [0.1, 0.15) is 24.6 Å². The van der Waals surface area contributed by atoms with Crippen molar-refractivity contribution in [1.29, 1.82) is 0 Å². The number of carbonyl (C=O) groups excluding carboxylic acids is 1. The van der Waals surface area contributed by atoms with Crippen molar-refractivity contribution in [2.45, 2.75) is 31.0 Å². The fourth-order valence-electron chi connectivity index (χ4n) is 4.16. The molecule has 1 amide bonds. The molecule has 1 fully saturated rings. The maximum absolute atomic E-state index is 13.0. The van der Waals surface area contributed by atoms with Crippen molar-refractivity contribution < 1.29 is 19.7 Å². The number of imidazole rings is 1. The van der Waals surface area contributed by atoms with E-state index in [0.29, 0.717) is 33.6 Å². The normalized spacial score (nSPS) is 21.6. The minimum atomic E-state index is -1.20. The highest BCUT2D eigenvalue weighted by Crippen LogP contribution is 2.33. The third-order valence-corrected chi connectivity index (χ3v) is 6.34. The van der Waals surface area contributed by atoms with Crippen LogP contribution in [-0.2, 0) is 11.3 Å². The number of ether oxygens (including phenoxy) is 1. The Morgan fingerprint density at radius 1 is 1.08 bits per heavy atom. The van der Waals surface area contributed by atoms with E-state index in [9.17, 15) is 15.0 Å². The Hall–Kier alpha value is -3.28. The van der Waals surface area contributed by atoms with Crippen molar-refractivity contribution in [1.82, 2.24) is 24.8 Å². The van der Waals surface area contributed by atoms with Gasteiger partial charge in [0.05, 0.1) is 12.9 Å². The van der Waals surface area contributed by atoms with Crippen LogP contribution in [-0.4, -0.2) is 60.5 Å². The fraction of sp³-hybridized carbons (Fsp3) is 0.250. The zero-order chi connectivity index (χ0) is 25.2. The molecule has 4 N–H and O–H groups in total. The largest absolute Gasteiger partial charge is 0.394 e. The second-order valence-electron chi connectivity index (χ2n) is 8.28. The summed E-state index contributed by atoms with van der Waals surface area (Å²) in [5.41, 5.74) is 2.21. The Labute approximate surface area is 215 Å². The third kappa shape index (κ3) is 4.86. The van der Waals surface area contributed by atoms with Gasteiger partial charge in [-0.25, -0.2) is 15.0 Å². The van der Waals surface area contributed by atoms with Gasteiger partial charge >= 0.3 is 0 Å². The first-order chi connectivity index (χ1) is 17.4.